The number of amides is 1. The molecule has 0 radical (unpaired) electrons. The summed E-state index contributed by atoms with van der Waals surface area (Å²) in [5.74, 6) is -0.579. The van der Waals surface area contributed by atoms with Crippen LogP contribution in [0.25, 0.3) is 0 Å². The quantitative estimate of drug-likeness (QED) is 0.887. The number of anilines is 1. The van der Waals surface area contributed by atoms with Crippen LogP contribution in [0, 0.1) is 5.82 Å². The zero-order valence-corrected chi connectivity index (χ0v) is 15.0. The third-order valence-electron chi connectivity index (χ3n) is 4.08. The highest BCUT2D eigenvalue weighted by Gasteiger charge is 2.31. The number of halogens is 1. The van der Waals surface area contributed by atoms with Crippen molar-refractivity contribution in [2.45, 2.75) is 17.9 Å². The van der Waals surface area contributed by atoms with Crippen molar-refractivity contribution in [1.82, 2.24) is 4.31 Å². The zero-order valence-electron chi connectivity index (χ0n) is 14.2. The van der Waals surface area contributed by atoms with E-state index in [1.807, 2.05) is 0 Å². The van der Waals surface area contributed by atoms with Gasteiger partial charge in [-0.1, -0.05) is 12.1 Å². The van der Waals surface area contributed by atoms with Crippen LogP contribution in [-0.2, 0) is 19.6 Å². The maximum Gasteiger partial charge on any atom is 0.243 e. The fraction of sp³-hybridized carbons (Fsp3) is 0.278. The molecule has 8 heteroatoms. The molecule has 1 aliphatic rings. The van der Waals surface area contributed by atoms with Crippen LogP contribution >= 0.6 is 0 Å². The second-order valence-electron chi connectivity index (χ2n) is 5.98. The second-order valence-corrected chi connectivity index (χ2v) is 7.92. The molecule has 1 aliphatic heterocycles. The number of benzene rings is 2. The van der Waals surface area contributed by atoms with Gasteiger partial charge in [-0.05, 0) is 42.0 Å². The molecule has 0 spiro atoms. The number of morpholine rings is 1. The highest BCUT2D eigenvalue weighted by Crippen LogP contribution is 2.27. The minimum atomic E-state index is -3.69. The normalized spacial score (nSPS) is 18.5. The van der Waals surface area contributed by atoms with Gasteiger partial charge in [-0.2, -0.15) is 4.31 Å². The summed E-state index contributed by atoms with van der Waals surface area (Å²) < 4.78 is 45.8. The van der Waals surface area contributed by atoms with E-state index in [1.165, 1.54) is 35.5 Å². The van der Waals surface area contributed by atoms with Gasteiger partial charge in [-0.15, -0.1) is 0 Å². The third kappa shape index (κ3) is 4.09. The van der Waals surface area contributed by atoms with Crippen LogP contribution in [0.5, 0.6) is 0 Å². The third-order valence-corrected chi connectivity index (χ3v) is 5.96. The van der Waals surface area contributed by atoms with Gasteiger partial charge in [0.05, 0.1) is 17.6 Å². The summed E-state index contributed by atoms with van der Waals surface area (Å²) in [7, 11) is -3.69. The smallest absolute Gasteiger partial charge is 0.243 e. The molecule has 1 amide bonds. The molecule has 0 unspecified atom stereocenters. The molecule has 1 saturated heterocycles. The summed E-state index contributed by atoms with van der Waals surface area (Å²) in [5, 5.41) is 2.60. The van der Waals surface area contributed by atoms with Crippen LogP contribution < -0.4 is 5.32 Å². The van der Waals surface area contributed by atoms with Crippen molar-refractivity contribution in [1.29, 1.82) is 0 Å². The molecule has 3 rings (SSSR count). The van der Waals surface area contributed by atoms with E-state index in [0.717, 1.165) is 5.56 Å². The monoisotopic (exact) mass is 378 g/mol. The molecule has 2 aromatic carbocycles. The Bertz CT molecular complexity index is 882. The molecular weight excluding hydrogens is 359 g/mol. The number of nitrogens with one attached hydrogen (secondary N) is 1. The van der Waals surface area contributed by atoms with E-state index in [0.29, 0.717) is 5.69 Å². The summed E-state index contributed by atoms with van der Waals surface area (Å²) >= 11 is 0. The van der Waals surface area contributed by atoms with E-state index >= 15 is 0 Å². The number of carbonyl (C=O) groups is 1. The highest BCUT2D eigenvalue weighted by atomic mass is 32.2. The number of carbonyl (C=O) groups excluding carboxylic acids is 1. The van der Waals surface area contributed by atoms with Crippen molar-refractivity contribution in [3.8, 4) is 0 Å². The van der Waals surface area contributed by atoms with Crippen molar-refractivity contribution in [3.63, 3.8) is 0 Å². The lowest BCUT2D eigenvalue weighted by atomic mass is 10.1. The van der Waals surface area contributed by atoms with Gasteiger partial charge in [-0.3, -0.25) is 4.79 Å². The fourth-order valence-electron chi connectivity index (χ4n) is 2.79. The Morgan fingerprint density at radius 2 is 1.81 bits per heavy atom. The standard InChI is InChI=1S/C18H19FN2O4S/c1-13(22)20-16-6-8-17(9-7-16)26(23,24)21-10-11-25-18(12-21)14-2-4-15(19)5-3-14/h2-9,18H,10-12H2,1H3,(H,20,22)/t18-/m1/s1. The Morgan fingerprint density at radius 3 is 2.42 bits per heavy atom. The molecule has 1 heterocycles. The Balaban J connectivity index is 1.78. The Kier molecular flexibility index (Phi) is 5.36. The van der Waals surface area contributed by atoms with E-state index in [1.54, 1.807) is 24.3 Å². The maximum atomic E-state index is 13.1. The first kappa shape index (κ1) is 18.5. The number of hydrogen-bond donors (Lipinski definition) is 1. The predicted molar refractivity (Wildman–Crippen MR) is 94.6 cm³/mol. The van der Waals surface area contributed by atoms with Gasteiger partial charge in [0.15, 0.2) is 0 Å². The Hall–Kier alpha value is -2.29. The first-order chi connectivity index (χ1) is 12.4. The average Bonchev–Trinajstić information content (AvgIpc) is 2.62. The van der Waals surface area contributed by atoms with Crippen molar-refractivity contribution in [3.05, 3.63) is 59.9 Å². The minimum absolute atomic E-state index is 0.145. The van der Waals surface area contributed by atoms with Crippen molar-refractivity contribution in [2.24, 2.45) is 0 Å². The molecule has 1 fully saturated rings. The van der Waals surface area contributed by atoms with Gasteiger partial charge in [0.25, 0.3) is 0 Å². The van der Waals surface area contributed by atoms with Crippen molar-refractivity contribution >= 4 is 21.6 Å². The summed E-state index contributed by atoms with van der Waals surface area (Å²) in [6.07, 6.45) is -0.447. The number of sulfonamides is 1. The van der Waals surface area contributed by atoms with Crippen LogP contribution in [0.4, 0.5) is 10.1 Å². The van der Waals surface area contributed by atoms with Gasteiger partial charge >= 0.3 is 0 Å². The molecule has 26 heavy (non-hydrogen) atoms. The largest absolute Gasteiger partial charge is 0.371 e. The average molecular weight is 378 g/mol. The summed E-state index contributed by atoms with van der Waals surface area (Å²) in [6.45, 7) is 2.04. The van der Waals surface area contributed by atoms with Crippen LogP contribution in [0.1, 0.15) is 18.6 Å². The van der Waals surface area contributed by atoms with Crippen LogP contribution in [0.2, 0.25) is 0 Å². The lowest BCUT2D eigenvalue weighted by Crippen LogP contribution is -2.42. The molecule has 0 bridgehead atoms. The number of ether oxygens (including phenoxy) is 1. The molecule has 0 aliphatic carbocycles. The van der Waals surface area contributed by atoms with Crippen LogP contribution in [0.3, 0.4) is 0 Å². The van der Waals surface area contributed by atoms with E-state index in [2.05, 4.69) is 5.32 Å². The molecule has 0 saturated carbocycles. The van der Waals surface area contributed by atoms with Gasteiger partial charge in [0, 0.05) is 25.7 Å². The number of rotatable bonds is 4. The van der Waals surface area contributed by atoms with Crippen LogP contribution in [0.15, 0.2) is 53.4 Å². The molecule has 138 valence electrons. The Morgan fingerprint density at radius 1 is 1.15 bits per heavy atom. The fourth-order valence-corrected chi connectivity index (χ4v) is 4.21. The van der Waals surface area contributed by atoms with Gasteiger partial charge in [0.2, 0.25) is 15.9 Å². The highest BCUT2D eigenvalue weighted by molar-refractivity contribution is 7.89. The molecule has 1 atom stereocenters. The molecule has 6 nitrogen and oxygen atoms in total. The van der Waals surface area contributed by atoms with Crippen molar-refractivity contribution in [2.75, 3.05) is 25.0 Å². The number of nitrogens with zero attached hydrogens (tertiary/aromatic N) is 1. The van der Waals surface area contributed by atoms with E-state index < -0.39 is 16.1 Å². The first-order valence-corrected chi connectivity index (χ1v) is 9.55. The molecule has 2 aromatic rings. The summed E-state index contributed by atoms with van der Waals surface area (Å²) in [4.78, 5) is 11.2. The molecular formula is C18H19FN2O4S. The van der Waals surface area contributed by atoms with E-state index in [4.69, 9.17) is 4.74 Å². The Labute approximate surface area is 151 Å². The lowest BCUT2D eigenvalue weighted by Gasteiger charge is -2.32. The summed E-state index contributed by atoms with van der Waals surface area (Å²) in [5.41, 5.74) is 1.26. The van der Waals surface area contributed by atoms with E-state index in [-0.39, 0.29) is 36.3 Å². The maximum absolute atomic E-state index is 13.1. The van der Waals surface area contributed by atoms with Crippen molar-refractivity contribution < 1.29 is 22.3 Å². The van der Waals surface area contributed by atoms with Gasteiger partial charge < -0.3 is 10.1 Å². The predicted octanol–water partition coefficient (Wildman–Crippen LogP) is 2.55. The second kappa shape index (κ2) is 7.53. The van der Waals surface area contributed by atoms with E-state index in [9.17, 15) is 17.6 Å². The molecule has 1 N–H and O–H groups in total. The lowest BCUT2D eigenvalue weighted by molar-refractivity contribution is -0.114. The minimum Gasteiger partial charge on any atom is -0.371 e. The van der Waals surface area contributed by atoms with Gasteiger partial charge in [-0.25, -0.2) is 12.8 Å². The number of hydrogen-bond acceptors (Lipinski definition) is 4. The topological polar surface area (TPSA) is 75.7 Å². The first-order valence-electron chi connectivity index (χ1n) is 8.11. The summed E-state index contributed by atoms with van der Waals surface area (Å²) in [6, 6.07) is 11.9. The SMILES string of the molecule is CC(=O)Nc1ccc(S(=O)(=O)N2CCO[C@@H](c3ccc(F)cc3)C2)cc1. The van der Waals surface area contributed by atoms with Gasteiger partial charge in [0.1, 0.15) is 5.82 Å². The zero-order chi connectivity index (χ0) is 18.7. The molecule has 0 aromatic heterocycles. The van der Waals surface area contributed by atoms with Crippen LogP contribution in [-0.4, -0.2) is 38.3 Å².